The van der Waals surface area contributed by atoms with Crippen LogP contribution >= 0.6 is 0 Å². The van der Waals surface area contributed by atoms with Gasteiger partial charge < -0.3 is 15.1 Å². The van der Waals surface area contributed by atoms with Gasteiger partial charge in [-0.1, -0.05) is 13.8 Å². The normalized spacial score (nSPS) is 23.8. The SMILES string of the molecule is CCN(CC)CC1CCN(C(=O)C2(n3cccn3)CCNCC2)C1. The number of rotatable bonds is 6. The molecule has 0 radical (unpaired) electrons. The van der Waals surface area contributed by atoms with Crippen molar-refractivity contribution < 1.29 is 4.79 Å². The molecule has 0 aliphatic carbocycles. The molecule has 0 aromatic carbocycles. The fourth-order valence-corrected chi connectivity index (χ4v) is 4.21. The van der Waals surface area contributed by atoms with E-state index < -0.39 is 5.54 Å². The second kappa shape index (κ2) is 7.66. The molecule has 2 saturated heterocycles. The summed E-state index contributed by atoms with van der Waals surface area (Å²) in [6.07, 6.45) is 6.50. The molecule has 134 valence electrons. The van der Waals surface area contributed by atoms with Gasteiger partial charge in [-0.25, -0.2) is 0 Å². The zero-order chi connectivity index (χ0) is 17.0. The Morgan fingerprint density at radius 3 is 2.71 bits per heavy atom. The molecular weight excluding hydrogens is 302 g/mol. The Morgan fingerprint density at radius 2 is 2.08 bits per heavy atom. The van der Waals surface area contributed by atoms with Crippen molar-refractivity contribution in [2.75, 3.05) is 45.8 Å². The number of nitrogens with one attached hydrogen (secondary N) is 1. The van der Waals surface area contributed by atoms with E-state index in [4.69, 9.17) is 0 Å². The van der Waals surface area contributed by atoms with Crippen molar-refractivity contribution in [2.24, 2.45) is 5.92 Å². The summed E-state index contributed by atoms with van der Waals surface area (Å²) >= 11 is 0. The molecule has 2 fully saturated rings. The largest absolute Gasteiger partial charge is 0.340 e. The first-order chi connectivity index (χ1) is 11.7. The Bertz CT molecular complexity index is 520. The summed E-state index contributed by atoms with van der Waals surface area (Å²) in [7, 11) is 0. The number of aromatic nitrogens is 2. The lowest BCUT2D eigenvalue weighted by molar-refractivity contribution is -0.142. The second-order valence-electron chi connectivity index (χ2n) is 7.12. The third kappa shape index (κ3) is 3.35. The van der Waals surface area contributed by atoms with Gasteiger partial charge in [0.05, 0.1) is 0 Å². The predicted octanol–water partition coefficient (Wildman–Crippen LogP) is 1.15. The molecule has 1 amide bonds. The summed E-state index contributed by atoms with van der Waals surface area (Å²) < 4.78 is 1.91. The van der Waals surface area contributed by atoms with Crippen LogP contribution in [0.15, 0.2) is 18.5 Å². The van der Waals surface area contributed by atoms with Gasteiger partial charge in [-0.3, -0.25) is 9.48 Å². The minimum absolute atomic E-state index is 0.273. The van der Waals surface area contributed by atoms with Crippen LogP contribution in [-0.2, 0) is 10.3 Å². The van der Waals surface area contributed by atoms with E-state index in [0.717, 1.165) is 65.1 Å². The number of piperidine rings is 1. The topological polar surface area (TPSA) is 53.4 Å². The van der Waals surface area contributed by atoms with Crippen molar-refractivity contribution in [3.8, 4) is 0 Å². The fraction of sp³-hybridized carbons (Fsp3) is 0.778. The van der Waals surface area contributed by atoms with Crippen LogP contribution in [0.1, 0.15) is 33.1 Å². The molecule has 0 saturated carbocycles. The average molecular weight is 333 g/mol. The number of hydrogen-bond donors (Lipinski definition) is 1. The number of nitrogens with zero attached hydrogens (tertiary/aromatic N) is 4. The molecule has 3 rings (SSSR count). The maximum atomic E-state index is 13.4. The van der Waals surface area contributed by atoms with Gasteiger partial charge in [0.2, 0.25) is 0 Å². The molecule has 6 nitrogen and oxygen atoms in total. The number of carbonyl (C=O) groups excluding carboxylic acids is 1. The van der Waals surface area contributed by atoms with Crippen LogP contribution in [0.25, 0.3) is 0 Å². The summed E-state index contributed by atoms with van der Waals surface area (Å²) in [6, 6.07) is 1.92. The van der Waals surface area contributed by atoms with Gasteiger partial charge in [-0.15, -0.1) is 0 Å². The van der Waals surface area contributed by atoms with Gasteiger partial charge in [0.15, 0.2) is 0 Å². The Kier molecular flexibility index (Phi) is 5.56. The van der Waals surface area contributed by atoms with Crippen molar-refractivity contribution in [1.29, 1.82) is 0 Å². The van der Waals surface area contributed by atoms with Crippen LogP contribution in [0, 0.1) is 5.92 Å². The van der Waals surface area contributed by atoms with E-state index in [-0.39, 0.29) is 5.91 Å². The molecule has 1 unspecified atom stereocenters. The molecule has 2 aliphatic heterocycles. The van der Waals surface area contributed by atoms with Crippen molar-refractivity contribution in [2.45, 2.75) is 38.6 Å². The van der Waals surface area contributed by atoms with Crippen molar-refractivity contribution in [3.05, 3.63) is 18.5 Å². The summed E-state index contributed by atoms with van der Waals surface area (Å²) in [5, 5.41) is 7.81. The van der Waals surface area contributed by atoms with E-state index in [1.807, 2.05) is 16.9 Å². The molecule has 1 aromatic rings. The molecule has 6 heteroatoms. The summed E-state index contributed by atoms with van der Waals surface area (Å²) in [4.78, 5) is 18.0. The number of hydrogen-bond acceptors (Lipinski definition) is 4. The predicted molar refractivity (Wildman–Crippen MR) is 94.8 cm³/mol. The molecule has 24 heavy (non-hydrogen) atoms. The number of likely N-dealkylation sites (tertiary alicyclic amines) is 1. The van der Waals surface area contributed by atoms with E-state index in [1.54, 1.807) is 6.20 Å². The fourth-order valence-electron chi connectivity index (χ4n) is 4.21. The maximum absolute atomic E-state index is 13.4. The van der Waals surface area contributed by atoms with Gasteiger partial charge in [0.1, 0.15) is 5.54 Å². The molecule has 0 bridgehead atoms. The Labute approximate surface area is 145 Å². The van der Waals surface area contributed by atoms with Gasteiger partial charge in [-0.05, 0) is 57.4 Å². The van der Waals surface area contributed by atoms with E-state index in [9.17, 15) is 4.79 Å². The molecule has 1 atom stereocenters. The molecule has 0 spiro atoms. The summed E-state index contributed by atoms with van der Waals surface area (Å²) in [6.45, 7) is 11.2. The van der Waals surface area contributed by atoms with Crippen LogP contribution < -0.4 is 5.32 Å². The lowest BCUT2D eigenvalue weighted by Gasteiger charge is -2.39. The first-order valence-electron chi connectivity index (χ1n) is 9.42. The molecule has 2 aliphatic rings. The minimum atomic E-state index is -0.487. The minimum Gasteiger partial charge on any atom is -0.340 e. The molecular formula is C18H31N5O. The summed E-state index contributed by atoms with van der Waals surface area (Å²) in [5.41, 5.74) is -0.487. The Hall–Kier alpha value is -1.40. The lowest BCUT2D eigenvalue weighted by atomic mass is 9.87. The van der Waals surface area contributed by atoms with E-state index in [2.05, 4.69) is 34.1 Å². The van der Waals surface area contributed by atoms with Crippen LogP contribution in [-0.4, -0.2) is 71.3 Å². The van der Waals surface area contributed by atoms with Crippen molar-refractivity contribution in [1.82, 2.24) is 24.9 Å². The van der Waals surface area contributed by atoms with E-state index >= 15 is 0 Å². The molecule has 1 N–H and O–H groups in total. The highest BCUT2D eigenvalue weighted by Crippen LogP contribution is 2.31. The van der Waals surface area contributed by atoms with Gasteiger partial charge >= 0.3 is 0 Å². The second-order valence-corrected chi connectivity index (χ2v) is 7.12. The van der Waals surface area contributed by atoms with E-state index in [1.165, 1.54) is 0 Å². The summed E-state index contributed by atoms with van der Waals surface area (Å²) in [5.74, 6) is 0.875. The Balaban J connectivity index is 1.70. The average Bonchev–Trinajstić information content (AvgIpc) is 3.31. The number of amides is 1. The Morgan fingerprint density at radius 1 is 1.33 bits per heavy atom. The third-order valence-corrected chi connectivity index (χ3v) is 5.76. The maximum Gasteiger partial charge on any atom is 0.250 e. The zero-order valence-corrected chi connectivity index (χ0v) is 15.1. The zero-order valence-electron chi connectivity index (χ0n) is 15.1. The van der Waals surface area contributed by atoms with E-state index in [0.29, 0.717) is 5.92 Å². The first kappa shape index (κ1) is 17.4. The van der Waals surface area contributed by atoms with Crippen LogP contribution in [0.2, 0.25) is 0 Å². The third-order valence-electron chi connectivity index (χ3n) is 5.76. The van der Waals surface area contributed by atoms with Gasteiger partial charge in [-0.2, -0.15) is 5.10 Å². The molecule has 1 aromatic heterocycles. The van der Waals surface area contributed by atoms with Crippen molar-refractivity contribution >= 4 is 5.91 Å². The quantitative estimate of drug-likeness (QED) is 0.849. The van der Waals surface area contributed by atoms with Gasteiger partial charge in [0, 0.05) is 32.0 Å². The number of carbonyl (C=O) groups is 1. The highest BCUT2D eigenvalue weighted by atomic mass is 16.2. The van der Waals surface area contributed by atoms with Crippen LogP contribution in [0.4, 0.5) is 0 Å². The lowest BCUT2D eigenvalue weighted by Crippen LogP contribution is -2.55. The standard InChI is InChI=1S/C18H31N5O/c1-3-21(4-2)14-16-6-13-22(15-16)17(24)18(7-10-19-11-8-18)23-12-5-9-20-23/h5,9,12,16,19H,3-4,6-8,10-11,13-15H2,1-2H3. The van der Waals surface area contributed by atoms with Crippen LogP contribution in [0.3, 0.4) is 0 Å². The molecule has 3 heterocycles. The van der Waals surface area contributed by atoms with Crippen LogP contribution in [0.5, 0.6) is 0 Å². The highest BCUT2D eigenvalue weighted by molar-refractivity contribution is 5.85. The smallest absolute Gasteiger partial charge is 0.250 e. The highest BCUT2D eigenvalue weighted by Gasteiger charge is 2.45. The first-order valence-corrected chi connectivity index (χ1v) is 9.42. The monoisotopic (exact) mass is 333 g/mol. The van der Waals surface area contributed by atoms with Crippen molar-refractivity contribution in [3.63, 3.8) is 0 Å². The van der Waals surface area contributed by atoms with Gasteiger partial charge in [0.25, 0.3) is 5.91 Å².